The van der Waals surface area contributed by atoms with E-state index in [1.54, 1.807) is 60.7 Å². The van der Waals surface area contributed by atoms with E-state index in [1.807, 2.05) is 6.92 Å². The predicted molar refractivity (Wildman–Crippen MR) is 160 cm³/mol. The summed E-state index contributed by atoms with van der Waals surface area (Å²) in [7, 11) is 1.53. The summed E-state index contributed by atoms with van der Waals surface area (Å²) < 4.78 is 17.8. The van der Waals surface area contributed by atoms with Crippen LogP contribution >= 0.6 is 22.9 Å². The van der Waals surface area contributed by atoms with Gasteiger partial charge in [-0.2, -0.15) is 0 Å². The van der Waals surface area contributed by atoms with Gasteiger partial charge in [-0.1, -0.05) is 42.3 Å². The van der Waals surface area contributed by atoms with E-state index < -0.39 is 17.7 Å². The third-order valence-corrected chi connectivity index (χ3v) is 7.94. The van der Waals surface area contributed by atoms with Gasteiger partial charge < -0.3 is 19.3 Å². The summed E-state index contributed by atoms with van der Waals surface area (Å²) in [4.78, 5) is 33.2. The van der Waals surface area contributed by atoms with Crippen LogP contribution in [0.25, 0.3) is 16.0 Å². The van der Waals surface area contributed by atoms with Gasteiger partial charge in [0.15, 0.2) is 16.6 Å². The molecule has 1 aliphatic rings. The van der Waals surface area contributed by atoms with Gasteiger partial charge >= 0.3 is 5.91 Å². The third-order valence-electron chi connectivity index (χ3n) is 6.69. The highest BCUT2D eigenvalue weighted by Gasteiger charge is 2.48. The summed E-state index contributed by atoms with van der Waals surface area (Å²) in [5.74, 6) is -0.303. The molecular formula is C31H29ClN2O6S. The molecule has 0 saturated carbocycles. The first-order valence-corrected chi connectivity index (χ1v) is 14.5. The number of anilines is 1. The second kappa shape index (κ2) is 12.2. The van der Waals surface area contributed by atoms with E-state index in [0.717, 1.165) is 17.5 Å². The molecule has 10 heteroatoms. The van der Waals surface area contributed by atoms with E-state index >= 15 is 0 Å². The zero-order valence-corrected chi connectivity index (χ0v) is 24.4. The maximum absolute atomic E-state index is 13.6. The van der Waals surface area contributed by atoms with E-state index in [2.05, 4.69) is 11.9 Å². The van der Waals surface area contributed by atoms with E-state index in [4.69, 9.17) is 25.8 Å². The highest BCUT2D eigenvalue weighted by molar-refractivity contribution is 7.22. The lowest BCUT2D eigenvalue weighted by Crippen LogP contribution is -2.29. The number of methoxy groups -OCH3 is 1. The number of aliphatic hydroxyl groups is 1. The molecule has 4 aromatic rings. The molecule has 41 heavy (non-hydrogen) atoms. The van der Waals surface area contributed by atoms with Gasteiger partial charge in [-0.15, -0.1) is 0 Å². The molecule has 1 N–H and O–H groups in total. The Morgan fingerprint density at radius 3 is 2.51 bits per heavy atom. The Kier molecular flexibility index (Phi) is 8.46. The van der Waals surface area contributed by atoms with Crippen molar-refractivity contribution in [3.63, 3.8) is 0 Å². The monoisotopic (exact) mass is 592 g/mol. The number of nitrogens with zero attached hydrogens (tertiary/aromatic N) is 2. The number of carbonyl (C=O) groups excluding carboxylic acids is 2. The lowest BCUT2D eigenvalue weighted by molar-refractivity contribution is -0.132. The first-order chi connectivity index (χ1) is 19.9. The molecule has 0 bridgehead atoms. The number of amides is 1. The van der Waals surface area contributed by atoms with Crippen LogP contribution in [0.2, 0.25) is 5.02 Å². The maximum Gasteiger partial charge on any atom is 0.301 e. The molecule has 1 fully saturated rings. The van der Waals surface area contributed by atoms with Gasteiger partial charge in [0.2, 0.25) is 0 Å². The van der Waals surface area contributed by atoms with Gasteiger partial charge in [-0.3, -0.25) is 14.5 Å². The summed E-state index contributed by atoms with van der Waals surface area (Å²) in [5.41, 5.74) is 1.50. The quantitative estimate of drug-likeness (QED) is 0.0902. The lowest BCUT2D eigenvalue weighted by atomic mass is 9.95. The fraction of sp³-hybridized carbons (Fsp3) is 0.258. The first kappa shape index (κ1) is 28.4. The Morgan fingerprint density at radius 2 is 1.80 bits per heavy atom. The second-order valence-corrected chi connectivity index (χ2v) is 10.8. The number of Topliss-reactive ketones (excluding diaryl/α,β-unsaturated/α-hetero) is 1. The van der Waals surface area contributed by atoms with Crippen molar-refractivity contribution in [2.24, 2.45) is 0 Å². The highest BCUT2D eigenvalue weighted by Crippen LogP contribution is 2.46. The van der Waals surface area contributed by atoms with Crippen LogP contribution in [0.15, 0.2) is 66.2 Å². The summed E-state index contributed by atoms with van der Waals surface area (Å²) in [5, 5.41) is 12.3. The average Bonchev–Trinajstić information content (AvgIpc) is 3.50. The van der Waals surface area contributed by atoms with Gasteiger partial charge in [-0.05, 0) is 73.5 Å². The molecular weight excluding hydrogens is 564 g/mol. The van der Waals surface area contributed by atoms with E-state index in [0.29, 0.717) is 57.3 Å². The Labute approximate surface area is 246 Å². The molecule has 8 nitrogen and oxygen atoms in total. The summed E-state index contributed by atoms with van der Waals surface area (Å²) in [6.45, 7) is 4.97. The molecule has 212 valence electrons. The van der Waals surface area contributed by atoms with E-state index in [9.17, 15) is 14.7 Å². The number of unbranched alkanes of at least 4 members (excludes halogenated alkanes) is 1. The number of rotatable bonds is 10. The second-order valence-electron chi connectivity index (χ2n) is 9.35. The Hall–Kier alpha value is -4.08. The summed E-state index contributed by atoms with van der Waals surface area (Å²) in [6.07, 6.45) is 1.86. The van der Waals surface area contributed by atoms with Crippen LogP contribution < -0.4 is 19.1 Å². The van der Waals surface area contributed by atoms with Crippen LogP contribution in [-0.4, -0.2) is 42.1 Å². The fourth-order valence-corrected chi connectivity index (χ4v) is 5.93. The number of benzene rings is 3. The van der Waals surface area contributed by atoms with Crippen molar-refractivity contribution in [2.45, 2.75) is 32.7 Å². The van der Waals surface area contributed by atoms with Crippen molar-refractivity contribution < 1.29 is 28.9 Å². The summed E-state index contributed by atoms with van der Waals surface area (Å²) >= 11 is 7.43. The number of aromatic nitrogens is 1. The molecule has 0 radical (unpaired) electrons. The Morgan fingerprint density at radius 1 is 1.02 bits per heavy atom. The normalized spacial score (nSPS) is 16.4. The molecule has 2 heterocycles. The lowest BCUT2D eigenvalue weighted by Gasteiger charge is -2.24. The van der Waals surface area contributed by atoms with Crippen LogP contribution in [0.1, 0.15) is 43.9 Å². The number of thiazole rings is 1. The van der Waals surface area contributed by atoms with Crippen molar-refractivity contribution in [2.75, 3.05) is 25.2 Å². The zero-order chi connectivity index (χ0) is 29.1. The molecule has 1 amide bonds. The average molecular weight is 593 g/mol. The molecule has 1 unspecified atom stereocenters. The highest BCUT2D eigenvalue weighted by atomic mass is 35.5. The Bertz CT molecular complexity index is 1630. The van der Waals surface area contributed by atoms with Gasteiger partial charge in [0.25, 0.3) is 5.78 Å². The molecule has 1 aliphatic heterocycles. The molecule has 5 rings (SSSR count). The van der Waals surface area contributed by atoms with Gasteiger partial charge in [0, 0.05) is 10.6 Å². The van der Waals surface area contributed by atoms with Gasteiger partial charge in [-0.25, -0.2) is 4.98 Å². The molecule has 1 saturated heterocycles. The van der Waals surface area contributed by atoms with Crippen molar-refractivity contribution in [1.29, 1.82) is 0 Å². The molecule has 0 spiro atoms. The van der Waals surface area contributed by atoms with Crippen LogP contribution in [0.5, 0.6) is 17.2 Å². The number of hydrogen-bond donors (Lipinski definition) is 1. The molecule has 0 aliphatic carbocycles. The minimum atomic E-state index is -0.976. The zero-order valence-electron chi connectivity index (χ0n) is 22.8. The van der Waals surface area contributed by atoms with Crippen LogP contribution in [-0.2, 0) is 9.59 Å². The largest absolute Gasteiger partial charge is 0.507 e. The van der Waals surface area contributed by atoms with Crippen molar-refractivity contribution in [3.8, 4) is 17.2 Å². The standard InChI is InChI=1S/C31H29ClN2O6S/c1-4-6-15-40-23-14-9-19(16-24(23)38-3)27-26(28(35)18-7-11-21(12-8-18)39-5-2)29(36)30(37)34(27)31-33-22-13-10-20(32)17-25(22)41-31/h7-14,16-17,27,35H,4-6,15H2,1-3H3/b28-26+. The van der Waals surface area contributed by atoms with Gasteiger partial charge in [0.1, 0.15) is 11.5 Å². The number of aliphatic hydroxyl groups excluding tert-OH is 1. The molecule has 1 atom stereocenters. The Balaban J connectivity index is 1.66. The number of ketones is 1. The third kappa shape index (κ3) is 5.60. The van der Waals surface area contributed by atoms with Crippen LogP contribution in [0, 0.1) is 0 Å². The first-order valence-electron chi connectivity index (χ1n) is 13.3. The number of ether oxygens (including phenoxy) is 3. The number of hydrogen-bond acceptors (Lipinski definition) is 8. The fourth-order valence-electron chi connectivity index (χ4n) is 4.67. The SMILES string of the molecule is CCCCOc1ccc(C2/C(=C(\O)c3ccc(OCC)cc3)C(=O)C(=O)N2c2nc3ccc(Cl)cc3s2)cc1OC. The van der Waals surface area contributed by atoms with E-state index in [-0.39, 0.29) is 11.3 Å². The minimum Gasteiger partial charge on any atom is -0.507 e. The number of fused-ring (bicyclic) bond motifs is 1. The maximum atomic E-state index is 13.6. The number of halogens is 1. The molecule has 3 aromatic carbocycles. The van der Waals surface area contributed by atoms with Gasteiger partial charge in [0.05, 0.1) is 42.2 Å². The van der Waals surface area contributed by atoms with Crippen LogP contribution in [0.4, 0.5) is 5.13 Å². The minimum absolute atomic E-state index is 0.0573. The predicted octanol–water partition coefficient (Wildman–Crippen LogP) is 7.16. The number of carbonyl (C=O) groups is 2. The smallest absolute Gasteiger partial charge is 0.301 e. The molecule has 1 aromatic heterocycles. The topological polar surface area (TPSA) is 98.2 Å². The van der Waals surface area contributed by atoms with Crippen molar-refractivity contribution in [3.05, 3.63) is 82.4 Å². The van der Waals surface area contributed by atoms with E-state index in [1.165, 1.54) is 23.3 Å². The van der Waals surface area contributed by atoms with Crippen LogP contribution in [0.3, 0.4) is 0 Å². The van der Waals surface area contributed by atoms with Crippen molar-refractivity contribution >= 4 is 55.7 Å². The summed E-state index contributed by atoms with van der Waals surface area (Å²) in [6, 6.07) is 16.2. The van der Waals surface area contributed by atoms with Crippen molar-refractivity contribution in [1.82, 2.24) is 4.98 Å².